The van der Waals surface area contributed by atoms with Crippen molar-refractivity contribution in [1.29, 1.82) is 0 Å². The highest BCUT2D eigenvalue weighted by atomic mass is 127. The highest BCUT2D eigenvalue weighted by Gasteiger charge is 2.11. The number of nitrogens with zero attached hydrogens (tertiary/aromatic N) is 2. The Hall–Kier alpha value is -0.0800. The second-order valence-corrected chi connectivity index (χ2v) is 6.55. The molecule has 0 radical (unpaired) electrons. The lowest BCUT2D eigenvalue weighted by Crippen LogP contribution is -3.00. The molecule has 0 fully saturated rings. The molecule has 8 nitrogen and oxygen atoms in total. The molecule has 0 aliphatic carbocycles. The first kappa shape index (κ1) is 26.8. The third-order valence-electron chi connectivity index (χ3n) is 2.26. The van der Waals surface area contributed by atoms with Crippen LogP contribution in [0.3, 0.4) is 0 Å². The molecule has 0 bridgehead atoms. The van der Waals surface area contributed by atoms with Crippen molar-refractivity contribution in [3.05, 3.63) is 0 Å². The summed E-state index contributed by atoms with van der Waals surface area (Å²) in [7, 11) is 11.9. The zero-order chi connectivity index (χ0) is 15.8. The minimum Gasteiger partial charge on any atom is -1.00 e. The molecule has 0 aromatic rings. The number of hydrogen-bond donors (Lipinski definition) is 2. The van der Waals surface area contributed by atoms with Gasteiger partial charge >= 0.3 is 12.2 Å². The molecule has 0 unspecified atom stereocenters. The van der Waals surface area contributed by atoms with Crippen LogP contribution in [0.25, 0.3) is 0 Å². The standard InChI is InChI=1S/C12H26N4O4.2HI/c1-15(2,3)7-9-19-11(17)13-14-12(18)20-10-8-16(4,5)6;;/h7-10H2,1-6H3;2*1H. The van der Waals surface area contributed by atoms with E-state index in [1.807, 2.05) is 42.3 Å². The summed E-state index contributed by atoms with van der Waals surface area (Å²) in [6.45, 7) is 1.91. The van der Waals surface area contributed by atoms with Crippen molar-refractivity contribution in [1.82, 2.24) is 10.9 Å². The molecule has 0 aromatic heterocycles. The maximum atomic E-state index is 11.3. The van der Waals surface area contributed by atoms with Crippen LogP contribution in [0, 0.1) is 0 Å². The number of rotatable bonds is 6. The van der Waals surface area contributed by atoms with Crippen molar-refractivity contribution in [3.8, 4) is 0 Å². The zero-order valence-corrected chi connectivity index (χ0v) is 18.4. The SMILES string of the molecule is C[N+](C)(C)CCOC(=O)NNC(=O)OCC[N+](C)(C)C.[I-].[I-]. The fourth-order valence-electron chi connectivity index (χ4n) is 0.999. The average molecular weight is 546 g/mol. The number of quaternary nitrogens is 2. The van der Waals surface area contributed by atoms with Crippen molar-refractivity contribution >= 4 is 12.2 Å². The molecular formula is C12H28I2N4O4. The molecule has 0 aliphatic rings. The molecule has 2 amide bonds. The van der Waals surface area contributed by atoms with Gasteiger partial charge in [0, 0.05) is 0 Å². The van der Waals surface area contributed by atoms with Gasteiger partial charge in [0.15, 0.2) is 0 Å². The molecule has 10 heteroatoms. The molecule has 2 N–H and O–H groups in total. The molecule has 0 rings (SSSR count). The molecule has 0 heterocycles. The fourth-order valence-corrected chi connectivity index (χ4v) is 0.999. The molecular weight excluding hydrogens is 518 g/mol. The molecule has 134 valence electrons. The van der Waals surface area contributed by atoms with Crippen molar-refractivity contribution in [3.63, 3.8) is 0 Å². The highest BCUT2D eigenvalue weighted by molar-refractivity contribution is 5.73. The van der Waals surface area contributed by atoms with Crippen molar-refractivity contribution in [2.45, 2.75) is 0 Å². The van der Waals surface area contributed by atoms with Crippen molar-refractivity contribution in [2.75, 3.05) is 68.6 Å². The average Bonchev–Trinajstić information content (AvgIpc) is 2.22. The summed E-state index contributed by atoms with van der Waals surface area (Å²) in [6, 6.07) is 0. The molecule has 0 saturated heterocycles. The van der Waals surface area contributed by atoms with Crippen LogP contribution in [0.2, 0.25) is 0 Å². The van der Waals surface area contributed by atoms with Gasteiger partial charge < -0.3 is 66.4 Å². The molecule has 0 atom stereocenters. The smallest absolute Gasteiger partial charge is 0.426 e. The van der Waals surface area contributed by atoms with Gasteiger partial charge in [0.2, 0.25) is 0 Å². The van der Waals surface area contributed by atoms with Crippen LogP contribution in [0.4, 0.5) is 9.59 Å². The number of nitrogens with one attached hydrogen (secondary N) is 2. The van der Waals surface area contributed by atoms with Crippen LogP contribution in [0.1, 0.15) is 0 Å². The number of carbonyl (C=O) groups excluding carboxylic acids is 2. The van der Waals surface area contributed by atoms with Crippen LogP contribution in [0.5, 0.6) is 0 Å². The van der Waals surface area contributed by atoms with Gasteiger partial charge in [-0.05, 0) is 0 Å². The molecule has 0 spiro atoms. The lowest BCUT2D eigenvalue weighted by molar-refractivity contribution is -0.870. The van der Waals surface area contributed by atoms with E-state index in [9.17, 15) is 9.59 Å². The first-order valence-electron chi connectivity index (χ1n) is 6.46. The summed E-state index contributed by atoms with van der Waals surface area (Å²) in [5.41, 5.74) is 4.24. The number of amides is 2. The number of ether oxygens (including phenoxy) is 2. The first-order valence-corrected chi connectivity index (χ1v) is 6.46. The van der Waals surface area contributed by atoms with Crippen LogP contribution in [-0.2, 0) is 9.47 Å². The Balaban J connectivity index is -0.00000180. The number of likely N-dealkylation sites (N-methyl/N-ethyl adjacent to an activating group) is 2. The van der Waals surface area contributed by atoms with Gasteiger partial charge in [-0.1, -0.05) is 0 Å². The molecule has 22 heavy (non-hydrogen) atoms. The predicted molar refractivity (Wildman–Crippen MR) is 74.8 cm³/mol. The first-order chi connectivity index (χ1) is 8.99. The summed E-state index contributed by atoms with van der Waals surface area (Å²) in [5.74, 6) is 0. The summed E-state index contributed by atoms with van der Waals surface area (Å²) >= 11 is 0. The van der Waals surface area contributed by atoms with Gasteiger partial charge in [-0.2, -0.15) is 0 Å². The summed E-state index contributed by atoms with van der Waals surface area (Å²) < 4.78 is 11.2. The van der Waals surface area contributed by atoms with E-state index in [0.717, 1.165) is 0 Å². The minimum absolute atomic E-state index is 0. The lowest BCUT2D eigenvalue weighted by Gasteiger charge is -2.23. The van der Waals surface area contributed by atoms with Crippen LogP contribution >= 0.6 is 0 Å². The minimum atomic E-state index is -0.706. The Bertz CT molecular complexity index is 298. The second kappa shape index (κ2) is 12.4. The quantitative estimate of drug-likeness (QED) is 0.198. The summed E-state index contributed by atoms with van der Waals surface area (Å²) in [4.78, 5) is 22.5. The van der Waals surface area contributed by atoms with E-state index in [1.165, 1.54) is 0 Å². The van der Waals surface area contributed by atoms with E-state index in [-0.39, 0.29) is 61.2 Å². The number of carbonyl (C=O) groups is 2. The van der Waals surface area contributed by atoms with E-state index < -0.39 is 12.2 Å². The predicted octanol–water partition coefficient (Wildman–Crippen LogP) is -6.23. The van der Waals surface area contributed by atoms with E-state index in [4.69, 9.17) is 9.47 Å². The van der Waals surface area contributed by atoms with Crippen LogP contribution in [0.15, 0.2) is 0 Å². The molecule has 0 saturated carbocycles. The van der Waals surface area contributed by atoms with E-state index in [1.54, 1.807) is 0 Å². The van der Waals surface area contributed by atoms with Crippen molar-refractivity contribution < 1.29 is 76.0 Å². The maximum absolute atomic E-state index is 11.3. The van der Waals surface area contributed by atoms with Gasteiger partial charge in [-0.15, -0.1) is 0 Å². The normalized spacial score (nSPS) is 10.6. The Morgan fingerprint density at radius 1 is 0.727 bits per heavy atom. The molecule has 0 aliphatic heterocycles. The summed E-state index contributed by atoms with van der Waals surface area (Å²) in [5, 5.41) is 0. The monoisotopic (exact) mass is 546 g/mol. The molecule has 0 aromatic carbocycles. The Kier molecular flexibility index (Phi) is 15.1. The van der Waals surface area contributed by atoms with E-state index in [2.05, 4.69) is 10.9 Å². The Morgan fingerprint density at radius 2 is 1.00 bits per heavy atom. The number of hydrogen-bond acceptors (Lipinski definition) is 4. The number of hydrazine groups is 1. The summed E-state index contributed by atoms with van der Waals surface area (Å²) in [6.07, 6.45) is -1.41. The zero-order valence-electron chi connectivity index (χ0n) is 14.1. The fraction of sp³-hybridized carbons (Fsp3) is 0.833. The van der Waals surface area contributed by atoms with Gasteiger partial charge in [0.1, 0.15) is 26.3 Å². The van der Waals surface area contributed by atoms with Crippen LogP contribution in [-0.4, -0.2) is 89.7 Å². The highest BCUT2D eigenvalue weighted by Crippen LogP contribution is 1.90. The maximum Gasteiger partial charge on any atom is 0.426 e. The topological polar surface area (TPSA) is 76.7 Å². The van der Waals surface area contributed by atoms with Gasteiger partial charge in [0.05, 0.1) is 42.3 Å². The second-order valence-electron chi connectivity index (χ2n) is 6.55. The van der Waals surface area contributed by atoms with Crippen molar-refractivity contribution in [2.24, 2.45) is 0 Å². The third-order valence-corrected chi connectivity index (χ3v) is 2.26. The van der Waals surface area contributed by atoms with Gasteiger partial charge in [-0.25, -0.2) is 20.4 Å². The third kappa shape index (κ3) is 19.9. The number of halogens is 2. The lowest BCUT2D eigenvalue weighted by atomic mass is 10.5. The Labute approximate surface area is 167 Å². The van der Waals surface area contributed by atoms with E-state index >= 15 is 0 Å². The van der Waals surface area contributed by atoms with Crippen LogP contribution < -0.4 is 58.8 Å². The van der Waals surface area contributed by atoms with Gasteiger partial charge in [-0.3, -0.25) is 0 Å². The Morgan fingerprint density at radius 3 is 1.23 bits per heavy atom. The van der Waals surface area contributed by atoms with Gasteiger partial charge in [0.25, 0.3) is 0 Å². The largest absolute Gasteiger partial charge is 1.00 e. The van der Waals surface area contributed by atoms with E-state index in [0.29, 0.717) is 22.1 Å².